The molecular formula is C44H90N6. The van der Waals surface area contributed by atoms with Gasteiger partial charge in [0, 0.05) is 31.2 Å². The summed E-state index contributed by atoms with van der Waals surface area (Å²) in [6.07, 6.45) is 24.3. The molecule has 0 N–H and O–H groups in total. The third-order valence-electron chi connectivity index (χ3n) is 12.8. The predicted molar refractivity (Wildman–Crippen MR) is 221 cm³/mol. The van der Waals surface area contributed by atoms with Gasteiger partial charge in [-0.1, -0.05) is 66.2 Å². The molecule has 5 heterocycles. The van der Waals surface area contributed by atoms with Gasteiger partial charge in [0.1, 0.15) is 0 Å². The van der Waals surface area contributed by atoms with Crippen molar-refractivity contribution in [3.8, 4) is 0 Å². The van der Waals surface area contributed by atoms with E-state index >= 15 is 0 Å². The molecular weight excluding hydrogens is 613 g/mol. The molecule has 0 bridgehead atoms. The zero-order valence-electron chi connectivity index (χ0n) is 35.4. The summed E-state index contributed by atoms with van der Waals surface area (Å²) >= 11 is 0. The van der Waals surface area contributed by atoms with E-state index in [4.69, 9.17) is 0 Å². The molecule has 5 fully saturated rings. The van der Waals surface area contributed by atoms with Crippen molar-refractivity contribution in [3.05, 3.63) is 0 Å². The van der Waals surface area contributed by atoms with Gasteiger partial charge in [-0.25, -0.2) is 0 Å². The zero-order valence-corrected chi connectivity index (χ0v) is 35.4. The van der Waals surface area contributed by atoms with Crippen molar-refractivity contribution in [3.63, 3.8) is 0 Å². The van der Waals surface area contributed by atoms with Crippen molar-refractivity contribution < 1.29 is 0 Å². The number of rotatable bonds is 14. The van der Waals surface area contributed by atoms with E-state index in [1.165, 1.54) is 194 Å². The van der Waals surface area contributed by atoms with Crippen LogP contribution in [0.5, 0.6) is 0 Å². The summed E-state index contributed by atoms with van der Waals surface area (Å²) in [6.45, 7) is 31.3. The Morgan fingerprint density at radius 2 is 0.960 bits per heavy atom. The lowest BCUT2D eigenvalue weighted by molar-refractivity contribution is 0.0796. The van der Waals surface area contributed by atoms with Crippen molar-refractivity contribution in [1.82, 2.24) is 29.4 Å². The van der Waals surface area contributed by atoms with Crippen LogP contribution in [0.25, 0.3) is 0 Å². The van der Waals surface area contributed by atoms with Gasteiger partial charge in [0.15, 0.2) is 0 Å². The Morgan fingerprint density at radius 1 is 0.500 bits per heavy atom. The maximum absolute atomic E-state index is 2.78. The lowest BCUT2D eigenvalue weighted by Crippen LogP contribution is -2.48. The first-order valence-corrected chi connectivity index (χ1v) is 22.4. The summed E-state index contributed by atoms with van der Waals surface area (Å²) in [5.41, 5.74) is 0. The molecule has 0 unspecified atom stereocenters. The smallest absolute Gasteiger partial charge is 0.0120 e. The Kier molecular flexibility index (Phi) is 22.7. The van der Waals surface area contributed by atoms with Gasteiger partial charge < -0.3 is 29.4 Å². The predicted octanol–water partition coefficient (Wildman–Crippen LogP) is 8.80. The van der Waals surface area contributed by atoms with Crippen LogP contribution in [0.3, 0.4) is 0 Å². The lowest BCUT2D eigenvalue weighted by atomic mass is 9.90. The van der Waals surface area contributed by atoms with Crippen LogP contribution in [0.4, 0.5) is 0 Å². The average Bonchev–Trinajstić information content (AvgIpc) is 3.13. The number of piperidine rings is 5. The van der Waals surface area contributed by atoms with Gasteiger partial charge in [-0.15, -0.1) is 0 Å². The summed E-state index contributed by atoms with van der Waals surface area (Å²) < 4.78 is 0. The summed E-state index contributed by atoms with van der Waals surface area (Å²) in [4.78, 5) is 15.8. The molecule has 0 saturated carbocycles. The molecule has 5 saturated heterocycles. The Labute approximate surface area is 314 Å². The molecule has 0 aliphatic carbocycles. The molecule has 0 spiro atoms. The van der Waals surface area contributed by atoms with Gasteiger partial charge in [0.25, 0.3) is 0 Å². The van der Waals surface area contributed by atoms with Crippen LogP contribution < -0.4 is 0 Å². The number of unbranched alkanes of at least 4 members (excludes halogenated alkanes) is 1. The van der Waals surface area contributed by atoms with Crippen LogP contribution in [0, 0.1) is 17.8 Å². The molecule has 296 valence electrons. The van der Waals surface area contributed by atoms with E-state index in [-0.39, 0.29) is 0 Å². The largest absolute Gasteiger partial charge is 0.308 e. The minimum atomic E-state index is 0.743. The van der Waals surface area contributed by atoms with E-state index in [1.54, 1.807) is 0 Å². The number of nitrogens with zero attached hydrogens (tertiary/aromatic N) is 6. The quantitative estimate of drug-likeness (QED) is 0.167. The molecule has 0 aromatic carbocycles. The van der Waals surface area contributed by atoms with Gasteiger partial charge in [-0.3, -0.25) is 0 Å². The standard InChI is InChI=1S/C17H34N2.C14H30N2.C13H26N2/c1-16(2)8-4-7-11-18-14-9-17(10-15-18)19-12-5-3-6-13-19;1-13(2)5-6-14-7-9-16(10-8-14)12-11-15(3)4;1-12(2)14-10-6-13(7-11-14)15-8-4-3-5-9-15/h16-17H,3-15H2,1-2H3;13-14H,5-12H2,1-4H3;12-13H,3-11H2,1-2H3. The van der Waals surface area contributed by atoms with Gasteiger partial charge in [-0.05, 0) is 188 Å². The van der Waals surface area contributed by atoms with Crippen molar-refractivity contribution >= 4 is 0 Å². The fourth-order valence-corrected chi connectivity index (χ4v) is 9.14. The van der Waals surface area contributed by atoms with Crippen LogP contribution in [-0.4, -0.2) is 147 Å². The molecule has 5 aliphatic rings. The van der Waals surface area contributed by atoms with Crippen LogP contribution in [0.15, 0.2) is 0 Å². The highest BCUT2D eigenvalue weighted by molar-refractivity contribution is 4.83. The fourth-order valence-electron chi connectivity index (χ4n) is 9.14. The number of likely N-dealkylation sites (tertiary alicyclic amines) is 5. The van der Waals surface area contributed by atoms with Crippen molar-refractivity contribution in [2.75, 3.05) is 99.2 Å². The van der Waals surface area contributed by atoms with Gasteiger partial charge >= 0.3 is 0 Å². The highest BCUT2D eigenvalue weighted by Crippen LogP contribution is 2.25. The van der Waals surface area contributed by atoms with E-state index < -0.39 is 0 Å². The maximum Gasteiger partial charge on any atom is 0.0120 e. The highest BCUT2D eigenvalue weighted by atomic mass is 15.2. The maximum atomic E-state index is 2.78. The van der Waals surface area contributed by atoms with Crippen LogP contribution in [0.1, 0.15) is 151 Å². The SMILES string of the molecule is CC(C)CCC1CCN(CCN(C)C)CC1.CC(C)CCCCN1CCC(N2CCCCC2)CC1.CC(C)N1CCC(N2CCCCC2)CC1. The molecule has 0 atom stereocenters. The Morgan fingerprint density at radius 3 is 1.42 bits per heavy atom. The van der Waals surface area contributed by atoms with Crippen molar-refractivity contribution in [2.24, 2.45) is 17.8 Å². The monoisotopic (exact) mass is 703 g/mol. The second kappa shape index (κ2) is 25.7. The van der Waals surface area contributed by atoms with E-state index in [0.29, 0.717) is 0 Å². The molecule has 0 aromatic rings. The normalized spacial score (nSPS) is 23.8. The first-order valence-electron chi connectivity index (χ1n) is 22.4. The Balaban J connectivity index is 0.000000204. The van der Waals surface area contributed by atoms with Crippen LogP contribution in [0.2, 0.25) is 0 Å². The summed E-state index contributed by atoms with van der Waals surface area (Å²) in [6, 6.07) is 2.56. The molecule has 5 rings (SSSR count). The first kappa shape index (κ1) is 44.2. The molecule has 0 aromatic heterocycles. The van der Waals surface area contributed by atoms with Crippen LogP contribution in [-0.2, 0) is 0 Å². The second-order valence-electron chi connectivity index (χ2n) is 18.6. The number of likely N-dealkylation sites (N-methyl/N-ethyl adjacent to an activating group) is 1. The third kappa shape index (κ3) is 18.7. The molecule has 50 heavy (non-hydrogen) atoms. The van der Waals surface area contributed by atoms with Crippen LogP contribution >= 0.6 is 0 Å². The Hall–Kier alpha value is -0.240. The van der Waals surface area contributed by atoms with Gasteiger partial charge in [-0.2, -0.15) is 0 Å². The minimum absolute atomic E-state index is 0.743. The van der Waals surface area contributed by atoms with Crippen molar-refractivity contribution in [1.29, 1.82) is 0 Å². The third-order valence-corrected chi connectivity index (χ3v) is 12.8. The van der Waals surface area contributed by atoms with Crippen molar-refractivity contribution in [2.45, 2.75) is 169 Å². The Bertz CT molecular complexity index is 760. The van der Waals surface area contributed by atoms with E-state index in [0.717, 1.165) is 35.9 Å². The summed E-state index contributed by atoms with van der Waals surface area (Å²) in [7, 11) is 4.32. The molecule has 5 aliphatic heterocycles. The lowest BCUT2D eigenvalue weighted by Gasteiger charge is -2.41. The van der Waals surface area contributed by atoms with E-state index in [2.05, 4.69) is 85.0 Å². The number of hydrogen-bond donors (Lipinski definition) is 0. The molecule has 6 heteroatoms. The molecule has 6 nitrogen and oxygen atoms in total. The minimum Gasteiger partial charge on any atom is -0.308 e. The van der Waals surface area contributed by atoms with E-state index in [1.807, 2.05) is 0 Å². The topological polar surface area (TPSA) is 19.4 Å². The molecule has 0 radical (unpaired) electrons. The van der Waals surface area contributed by atoms with E-state index in [9.17, 15) is 0 Å². The summed E-state index contributed by atoms with van der Waals surface area (Å²) in [5.74, 6) is 2.77. The average molecular weight is 703 g/mol. The fraction of sp³-hybridized carbons (Fsp3) is 1.00. The molecule has 0 amide bonds. The first-order chi connectivity index (χ1) is 24.1. The number of hydrogen-bond acceptors (Lipinski definition) is 6. The zero-order chi connectivity index (χ0) is 36.1. The van der Waals surface area contributed by atoms with Gasteiger partial charge in [0.05, 0.1) is 0 Å². The highest BCUT2D eigenvalue weighted by Gasteiger charge is 2.27. The summed E-state index contributed by atoms with van der Waals surface area (Å²) in [5, 5.41) is 0. The second-order valence-corrected chi connectivity index (χ2v) is 18.6. The van der Waals surface area contributed by atoms with Gasteiger partial charge in [0.2, 0.25) is 0 Å².